The Kier molecular flexibility index (Phi) is 16.6. The van der Waals surface area contributed by atoms with Gasteiger partial charge in [-0.3, -0.25) is 9.59 Å². The molecule has 2 fully saturated rings. The molecular formula is C42H58O13. The second-order valence-corrected chi connectivity index (χ2v) is 15.6. The summed E-state index contributed by atoms with van der Waals surface area (Å²) in [5.41, 5.74) is -0.0906. The maximum absolute atomic E-state index is 13.5. The number of esters is 2. The first-order valence-electron chi connectivity index (χ1n) is 18.6. The minimum absolute atomic E-state index is 0.000189. The molecule has 0 unspecified atom stereocenters. The molecule has 2 aromatic carbocycles. The van der Waals surface area contributed by atoms with Crippen LogP contribution in [0.1, 0.15) is 52.7 Å². The lowest BCUT2D eigenvalue weighted by Gasteiger charge is -2.48. The summed E-state index contributed by atoms with van der Waals surface area (Å²) in [6.07, 6.45) is -9.69. The molecule has 0 saturated carbocycles. The topological polar surface area (TPSA) is 158 Å². The zero-order chi connectivity index (χ0) is 40.2. The van der Waals surface area contributed by atoms with Gasteiger partial charge in [-0.15, -0.1) is 13.2 Å². The van der Waals surface area contributed by atoms with Gasteiger partial charge in [-0.1, -0.05) is 72.8 Å². The fourth-order valence-corrected chi connectivity index (χ4v) is 5.81. The van der Waals surface area contributed by atoms with E-state index in [0.717, 1.165) is 11.1 Å². The Labute approximate surface area is 324 Å². The van der Waals surface area contributed by atoms with Crippen LogP contribution in [0.2, 0.25) is 0 Å². The van der Waals surface area contributed by atoms with Crippen molar-refractivity contribution in [1.82, 2.24) is 0 Å². The molecule has 2 saturated heterocycles. The number of rotatable bonds is 18. The maximum Gasteiger partial charge on any atom is 0.311 e. The number of benzene rings is 2. The highest BCUT2D eigenvalue weighted by molar-refractivity contribution is 5.76. The van der Waals surface area contributed by atoms with Gasteiger partial charge >= 0.3 is 11.9 Å². The van der Waals surface area contributed by atoms with Crippen LogP contribution < -0.4 is 0 Å². The third-order valence-electron chi connectivity index (χ3n) is 8.83. The largest absolute Gasteiger partial charge is 0.454 e. The molecule has 0 aliphatic carbocycles. The molecule has 2 aliphatic rings. The summed E-state index contributed by atoms with van der Waals surface area (Å²) >= 11 is 0. The van der Waals surface area contributed by atoms with Gasteiger partial charge in [0, 0.05) is 0 Å². The van der Waals surface area contributed by atoms with E-state index in [0.29, 0.717) is 0 Å². The van der Waals surface area contributed by atoms with Gasteiger partial charge in [-0.05, 0) is 52.7 Å². The van der Waals surface area contributed by atoms with Crippen molar-refractivity contribution in [1.29, 1.82) is 0 Å². The van der Waals surface area contributed by atoms with E-state index in [9.17, 15) is 19.8 Å². The van der Waals surface area contributed by atoms with Crippen LogP contribution in [0.25, 0.3) is 0 Å². The molecule has 2 aliphatic heterocycles. The Bertz CT molecular complexity index is 1490. The normalized spacial score (nSPS) is 28.6. The summed E-state index contributed by atoms with van der Waals surface area (Å²) in [6.45, 7) is 17.8. The Morgan fingerprint density at radius 1 is 0.655 bits per heavy atom. The standard InChI is InChI=1S/C42H58O13/c1-9-21-49-33-31(43)29(25-47-23-27-17-13-11-14-18-27)52-38(36(33)55-40(46)42(6,7)8)53-32-30(26-48-24-28-19-15-12-16-20-28)51-37(44)35(34(32)50-22-10-2)54-39(45)41(3,4)5/h9-20,29-38,43-44H,1-2,21-26H2,3-8H3/t29-,30-,31+,32+,33+,34+,35-,36-,37-,38+/m1/s1. The van der Waals surface area contributed by atoms with Crippen molar-refractivity contribution < 1.29 is 62.4 Å². The van der Waals surface area contributed by atoms with Crippen LogP contribution in [0, 0.1) is 10.8 Å². The van der Waals surface area contributed by atoms with Crippen molar-refractivity contribution in [2.75, 3.05) is 26.4 Å². The number of hydrogen-bond acceptors (Lipinski definition) is 13. The molecule has 0 amide bonds. The van der Waals surface area contributed by atoms with Gasteiger partial charge in [0.05, 0.1) is 50.5 Å². The van der Waals surface area contributed by atoms with E-state index >= 15 is 0 Å². The summed E-state index contributed by atoms with van der Waals surface area (Å²) in [5, 5.41) is 23.0. The first kappa shape index (κ1) is 44.2. The van der Waals surface area contributed by atoms with E-state index < -0.39 is 84.2 Å². The maximum atomic E-state index is 13.5. The van der Waals surface area contributed by atoms with E-state index in [4.69, 9.17) is 42.6 Å². The van der Waals surface area contributed by atoms with Gasteiger partial charge in [0.2, 0.25) is 0 Å². The highest BCUT2D eigenvalue weighted by Gasteiger charge is 2.55. The van der Waals surface area contributed by atoms with Crippen LogP contribution in [0.4, 0.5) is 0 Å². The van der Waals surface area contributed by atoms with E-state index in [1.165, 1.54) is 12.2 Å². The molecule has 13 nitrogen and oxygen atoms in total. The molecule has 10 atom stereocenters. The molecule has 13 heteroatoms. The molecule has 0 spiro atoms. The lowest BCUT2D eigenvalue weighted by atomic mass is 9.94. The van der Waals surface area contributed by atoms with Crippen molar-refractivity contribution >= 4 is 11.9 Å². The minimum atomic E-state index is -1.64. The molecule has 0 bridgehead atoms. The molecule has 0 aromatic heterocycles. The van der Waals surface area contributed by atoms with Crippen molar-refractivity contribution in [2.45, 2.75) is 116 Å². The zero-order valence-corrected chi connectivity index (χ0v) is 32.7. The quantitative estimate of drug-likeness (QED) is 0.159. The third kappa shape index (κ3) is 12.8. The van der Waals surface area contributed by atoms with Crippen molar-refractivity contribution in [2.24, 2.45) is 10.8 Å². The summed E-state index contributed by atoms with van der Waals surface area (Å²) in [5.74, 6) is -1.23. The van der Waals surface area contributed by atoms with Gasteiger partial charge in [-0.25, -0.2) is 0 Å². The molecule has 2 N–H and O–H groups in total. The molecular weight excluding hydrogens is 712 g/mol. The number of carbonyl (C=O) groups excluding carboxylic acids is 2. The number of ether oxygens (including phenoxy) is 9. The van der Waals surface area contributed by atoms with E-state index in [1.807, 2.05) is 60.7 Å². The monoisotopic (exact) mass is 770 g/mol. The van der Waals surface area contributed by atoms with Crippen molar-refractivity contribution in [3.8, 4) is 0 Å². The molecule has 2 heterocycles. The predicted octanol–water partition coefficient (Wildman–Crippen LogP) is 4.67. The molecule has 0 radical (unpaired) electrons. The Morgan fingerprint density at radius 3 is 1.62 bits per heavy atom. The summed E-state index contributed by atoms with van der Waals surface area (Å²) in [4.78, 5) is 26.7. The first-order chi connectivity index (χ1) is 26.1. The van der Waals surface area contributed by atoms with Crippen LogP contribution in [-0.4, -0.2) is 110 Å². The fourth-order valence-electron chi connectivity index (χ4n) is 5.81. The summed E-state index contributed by atoms with van der Waals surface area (Å²) < 4.78 is 55.5. The van der Waals surface area contributed by atoms with Crippen LogP contribution >= 0.6 is 0 Å². The Balaban J connectivity index is 1.73. The van der Waals surface area contributed by atoms with E-state index in [1.54, 1.807) is 41.5 Å². The summed E-state index contributed by atoms with van der Waals surface area (Å²) in [6, 6.07) is 19.0. The highest BCUT2D eigenvalue weighted by atomic mass is 16.8. The smallest absolute Gasteiger partial charge is 0.311 e. The minimum Gasteiger partial charge on any atom is -0.454 e. The van der Waals surface area contributed by atoms with Gasteiger partial charge < -0.3 is 52.8 Å². The lowest BCUT2D eigenvalue weighted by Crippen LogP contribution is -2.66. The zero-order valence-electron chi connectivity index (χ0n) is 32.7. The first-order valence-corrected chi connectivity index (χ1v) is 18.6. The van der Waals surface area contributed by atoms with Crippen LogP contribution in [0.15, 0.2) is 86.0 Å². The second kappa shape index (κ2) is 20.6. The Hall–Kier alpha value is -3.50. The number of carbonyl (C=O) groups is 2. The van der Waals surface area contributed by atoms with Gasteiger partial charge in [-0.2, -0.15) is 0 Å². The summed E-state index contributed by atoms with van der Waals surface area (Å²) in [7, 11) is 0. The lowest BCUT2D eigenvalue weighted by molar-refractivity contribution is -0.363. The third-order valence-corrected chi connectivity index (χ3v) is 8.83. The van der Waals surface area contributed by atoms with Crippen molar-refractivity contribution in [3.63, 3.8) is 0 Å². The molecule has 2 aromatic rings. The fraction of sp³-hybridized carbons (Fsp3) is 0.571. The van der Waals surface area contributed by atoms with Crippen LogP contribution in [0.3, 0.4) is 0 Å². The average molecular weight is 771 g/mol. The second-order valence-electron chi connectivity index (χ2n) is 15.6. The number of aliphatic hydroxyl groups is 2. The molecule has 55 heavy (non-hydrogen) atoms. The SMILES string of the molecule is C=CCO[C@@H]1[C@@H](OC(=O)C(C)(C)C)[C@H](O)O[C@H](COCc2ccccc2)[C@@H]1O[C@@H]1O[C@H](COCc2ccccc2)[C@H](O)[C@H](OCC=C)[C@H]1OC(=O)C(C)(C)C. The molecule has 4 rings (SSSR count). The number of aliphatic hydroxyl groups excluding tert-OH is 2. The van der Waals surface area contributed by atoms with Gasteiger partial charge in [0.25, 0.3) is 0 Å². The van der Waals surface area contributed by atoms with E-state index in [2.05, 4.69) is 13.2 Å². The molecule has 304 valence electrons. The van der Waals surface area contributed by atoms with Crippen molar-refractivity contribution in [3.05, 3.63) is 97.1 Å². The van der Waals surface area contributed by atoms with Crippen LogP contribution in [-0.2, 0) is 65.4 Å². The Morgan fingerprint density at radius 2 is 1.13 bits per heavy atom. The number of hydrogen-bond donors (Lipinski definition) is 2. The predicted molar refractivity (Wildman–Crippen MR) is 201 cm³/mol. The van der Waals surface area contributed by atoms with Gasteiger partial charge in [0.1, 0.15) is 36.6 Å². The van der Waals surface area contributed by atoms with E-state index in [-0.39, 0.29) is 39.6 Å². The van der Waals surface area contributed by atoms with Gasteiger partial charge in [0.15, 0.2) is 24.8 Å². The highest BCUT2D eigenvalue weighted by Crippen LogP contribution is 2.35. The average Bonchev–Trinajstić information content (AvgIpc) is 3.14. The van der Waals surface area contributed by atoms with Crippen LogP contribution in [0.5, 0.6) is 0 Å².